The Bertz CT molecular complexity index is 1620. The van der Waals surface area contributed by atoms with E-state index in [0.29, 0.717) is 42.1 Å². The van der Waals surface area contributed by atoms with Crippen LogP contribution in [0.5, 0.6) is 0 Å². The lowest BCUT2D eigenvalue weighted by Crippen LogP contribution is -2.09. The molecular weight excluding hydrogens is 718 g/mol. The highest BCUT2D eigenvalue weighted by Gasteiger charge is 2.22. The predicted octanol–water partition coefficient (Wildman–Crippen LogP) is 14.2. The molecule has 48 heavy (non-hydrogen) atoms. The molecule has 0 radical (unpaired) electrons. The van der Waals surface area contributed by atoms with Crippen molar-refractivity contribution in [3.8, 4) is 22.3 Å². The molecule has 1 atom stereocenters. The van der Waals surface area contributed by atoms with Gasteiger partial charge in [0.15, 0.2) is 0 Å². The Morgan fingerprint density at radius 2 is 0.896 bits per heavy atom. The van der Waals surface area contributed by atoms with E-state index >= 15 is 0 Å². The fourth-order valence-corrected chi connectivity index (χ4v) is 8.02. The van der Waals surface area contributed by atoms with Crippen LogP contribution in [0.1, 0.15) is 159 Å². The summed E-state index contributed by atoms with van der Waals surface area (Å²) >= 11 is 2.47. The Morgan fingerprint density at radius 1 is 0.542 bits per heavy atom. The average molecular weight is 779 g/mol. The summed E-state index contributed by atoms with van der Waals surface area (Å²) in [5.41, 5.74) is 13.6. The topological polar surface area (TPSA) is 26.3 Å². The molecule has 0 heterocycles. The van der Waals surface area contributed by atoms with Crippen LogP contribution in [0.3, 0.4) is 0 Å². The van der Waals surface area contributed by atoms with Crippen LogP contribution >= 0.6 is 30.6 Å². The predicted molar refractivity (Wildman–Crippen MR) is 221 cm³/mol. The fraction of sp³-hybridized carbons (Fsp3) is 0.455. The lowest BCUT2D eigenvalue weighted by molar-refractivity contribution is 0.357. The van der Waals surface area contributed by atoms with Crippen molar-refractivity contribution >= 4 is 35.9 Å². The molecule has 0 aliphatic carbocycles. The highest BCUT2D eigenvalue weighted by Crippen LogP contribution is 2.42. The Labute approximate surface area is 307 Å². The molecule has 260 valence electrons. The molecule has 0 aromatic heterocycles. The molecule has 0 N–H and O–H groups in total. The van der Waals surface area contributed by atoms with Crippen molar-refractivity contribution in [1.82, 2.24) is 0 Å². The molecule has 0 fully saturated rings. The van der Waals surface area contributed by atoms with Crippen LogP contribution in [-0.4, -0.2) is 6.61 Å². The highest BCUT2D eigenvalue weighted by atomic mass is 127. The van der Waals surface area contributed by atoms with Gasteiger partial charge in [-0.1, -0.05) is 144 Å². The maximum absolute atomic E-state index is 12.7. The first-order chi connectivity index (χ1) is 22.6. The Kier molecular flexibility index (Phi) is 15.2. The lowest BCUT2D eigenvalue weighted by Gasteiger charge is -2.24. The first-order valence-corrected chi connectivity index (χ1v) is 20.4. The molecule has 4 aromatic carbocycles. The summed E-state index contributed by atoms with van der Waals surface area (Å²) in [6.07, 6.45) is 0. The van der Waals surface area contributed by atoms with Gasteiger partial charge >= 0.3 is 0 Å². The molecule has 0 amide bonds. The van der Waals surface area contributed by atoms with Crippen LogP contribution in [0.4, 0.5) is 0 Å². The molecule has 4 aromatic rings. The van der Waals surface area contributed by atoms with Gasteiger partial charge in [0.05, 0.1) is 6.61 Å². The second-order valence-electron chi connectivity index (χ2n) is 14.8. The average Bonchev–Trinajstić information content (AvgIpc) is 3.03. The van der Waals surface area contributed by atoms with Crippen LogP contribution in [0.25, 0.3) is 22.3 Å². The van der Waals surface area contributed by atoms with E-state index in [-0.39, 0.29) is 0 Å². The number of hydrogen-bond acceptors (Lipinski definition) is 2. The van der Waals surface area contributed by atoms with Crippen LogP contribution in [-0.2, 0) is 9.09 Å². The van der Waals surface area contributed by atoms with Gasteiger partial charge < -0.3 is 4.52 Å². The summed E-state index contributed by atoms with van der Waals surface area (Å²) in [4.78, 5) is 0. The molecule has 0 aliphatic heterocycles. The van der Waals surface area contributed by atoms with E-state index in [1.165, 1.54) is 53.6 Å². The van der Waals surface area contributed by atoms with Crippen molar-refractivity contribution in [3.05, 3.63) is 110 Å². The first kappa shape index (κ1) is 40.2. The molecule has 2 nitrogen and oxygen atoms in total. The smallest absolute Gasteiger partial charge is 0.221 e. The van der Waals surface area contributed by atoms with Gasteiger partial charge in [0.2, 0.25) is 8.03 Å². The quantitative estimate of drug-likeness (QED) is 0.112. The standard InChI is InChI=1S/C23H33O2P.C21H27I/c1-8-25-26(24)22-12-10-9-11-19(22)23-20(16(4)5)13-18(15(2)3)14-21(23)17(6)7;1-13(2)16-11-18(14(3)4)21(19(12-16)15(5)6)17-9-7-8-10-20(17)22/h9-17,26H,8H2,1-7H3;7-15H,1-6H3. The molecular formula is C44H60IO2P. The number of rotatable bonds is 11. The van der Waals surface area contributed by atoms with Gasteiger partial charge in [0.1, 0.15) is 0 Å². The second-order valence-corrected chi connectivity index (χ2v) is 17.4. The van der Waals surface area contributed by atoms with Crippen molar-refractivity contribution in [2.45, 2.75) is 126 Å². The second kappa shape index (κ2) is 18.2. The number of hydrogen-bond donors (Lipinski definition) is 0. The molecule has 4 rings (SSSR count). The van der Waals surface area contributed by atoms with Crippen molar-refractivity contribution in [1.29, 1.82) is 0 Å². The summed E-state index contributed by atoms with van der Waals surface area (Å²) in [5.74, 6) is 2.90. The zero-order valence-corrected chi connectivity index (χ0v) is 35.0. The summed E-state index contributed by atoms with van der Waals surface area (Å²) in [6, 6.07) is 26.3. The molecule has 0 saturated heterocycles. The van der Waals surface area contributed by atoms with E-state index in [1.807, 2.05) is 25.1 Å². The minimum Gasteiger partial charge on any atom is -0.328 e. The largest absolute Gasteiger partial charge is 0.328 e. The van der Waals surface area contributed by atoms with E-state index in [2.05, 4.69) is 160 Å². The molecule has 4 heteroatoms. The van der Waals surface area contributed by atoms with Gasteiger partial charge in [-0.25, -0.2) is 0 Å². The van der Waals surface area contributed by atoms with Crippen molar-refractivity contribution < 1.29 is 9.09 Å². The number of benzene rings is 4. The summed E-state index contributed by atoms with van der Waals surface area (Å²) in [7, 11) is -2.25. The van der Waals surface area contributed by atoms with Gasteiger partial charge in [0, 0.05) is 8.87 Å². The summed E-state index contributed by atoms with van der Waals surface area (Å²) in [6.45, 7) is 29.6. The molecule has 0 aliphatic rings. The van der Waals surface area contributed by atoms with E-state index in [1.54, 1.807) is 0 Å². The van der Waals surface area contributed by atoms with Crippen LogP contribution in [0.15, 0.2) is 72.8 Å². The molecule has 1 unspecified atom stereocenters. The van der Waals surface area contributed by atoms with Gasteiger partial charge in [0.25, 0.3) is 0 Å². The lowest BCUT2D eigenvalue weighted by atomic mass is 9.82. The van der Waals surface area contributed by atoms with E-state index in [9.17, 15) is 4.57 Å². The molecule has 0 bridgehead atoms. The third-order valence-electron chi connectivity index (χ3n) is 9.10. The summed E-state index contributed by atoms with van der Waals surface area (Å²) in [5, 5.41) is 0.834. The fourth-order valence-electron chi connectivity index (χ4n) is 6.29. The number of halogens is 1. The maximum atomic E-state index is 12.7. The van der Waals surface area contributed by atoms with Gasteiger partial charge in [-0.3, -0.25) is 4.57 Å². The zero-order valence-electron chi connectivity index (χ0n) is 31.8. The van der Waals surface area contributed by atoms with Gasteiger partial charge in [-0.05, 0) is 133 Å². The summed E-state index contributed by atoms with van der Waals surface area (Å²) < 4.78 is 19.6. The normalized spacial score (nSPS) is 12.4. The van der Waals surface area contributed by atoms with E-state index in [0.717, 1.165) is 10.9 Å². The third-order valence-corrected chi connectivity index (χ3v) is 11.5. The van der Waals surface area contributed by atoms with Crippen LogP contribution in [0.2, 0.25) is 0 Å². The highest BCUT2D eigenvalue weighted by molar-refractivity contribution is 14.1. The van der Waals surface area contributed by atoms with Crippen molar-refractivity contribution in [3.63, 3.8) is 0 Å². The van der Waals surface area contributed by atoms with Crippen molar-refractivity contribution in [2.24, 2.45) is 0 Å². The van der Waals surface area contributed by atoms with E-state index in [4.69, 9.17) is 4.52 Å². The minimum absolute atomic E-state index is 0.392. The Morgan fingerprint density at radius 3 is 1.25 bits per heavy atom. The zero-order chi connectivity index (χ0) is 35.9. The monoisotopic (exact) mass is 778 g/mol. The van der Waals surface area contributed by atoms with Gasteiger partial charge in [-0.2, -0.15) is 0 Å². The Balaban J connectivity index is 0.000000264. The maximum Gasteiger partial charge on any atom is 0.221 e. The van der Waals surface area contributed by atoms with Crippen molar-refractivity contribution in [2.75, 3.05) is 6.61 Å². The molecule has 0 saturated carbocycles. The molecule has 0 spiro atoms. The SMILES string of the molecule is CC(C)c1cc(C(C)C)c(-c2ccccc2I)c(C(C)C)c1.CCO[PH](=O)c1ccccc1-c1c(C(C)C)cc(C(C)C)cc1C(C)C. The minimum atomic E-state index is -2.25. The van der Waals surface area contributed by atoms with Gasteiger partial charge in [-0.15, -0.1) is 0 Å². The third kappa shape index (κ3) is 9.73. The van der Waals surface area contributed by atoms with E-state index < -0.39 is 8.03 Å². The van der Waals surface area contributed by atoms with Crippen LogP contribution < -0.4 is 5.30 Å². The Hall–Kier alpha value is -2.20. The van der Waals surface area contributed by atoms with Crippen LogP contribution in [0, 0.1) is 3.57 Å². The first-order valence-electron chi connectivity index (χ1n) is 18.0.